The number of hydrogen-bond donors (Lipinski definition) is 1. The number of aliphatic hydroxyl groups is 1. The van der Waals surface area contributed by atoms with E-state index in [0.29, 0.717) is 13.0 Å². The van der Waals surface area contributed by atoms with Crippen molar-refractivity contribution in [1.82, 2.24) is 0 Å². The van der Waals surface area contributed by atoms with Crippen molar-refractivity contribution in [3.8, 4) is 0 Å². The molecule has 1 N–H and O–H groups in total. The van der Waals surface area contributed by atoms with Crippen LogP contribution in [0.1, 0.15) is 24.0 Å². The molecule has 2 rings (SSSR count). The Labute approximate surface area is 95.1 Å². The maximum Gasteiger partial charge on any atom is 0.123 e. The SMILES string of the molecule is Cc1cc(F)ccc1CC1(O)CCCOC1. The van der Waals surface area contributed by atoms with Crippen LogP contribution >= 0.6 is 0 Å². The summed E-state index contributed by atoms with van der Waals surface area (Å²) in [5.74, 6) is -0.229. The molecule has 0 aliphatic carbocycles. The van der Waals surface area contributed by atoms with Gasteiger partial charge in [-0.05, 0) is 43.0 Å². The largest absolute Gasteiger partial charge is 0.387 e. The van der Waals surface area contributed by atoms with Crippen molar-refractivity contribution >= 4 is 0 Å². The van der Waals surface area contributed by atoms with Crippen LogP contribution in [0.3, 0.4) is 0 Å². The summed E-state index contributed by atoms with van der Waals surface area (Å²) in [6.45, 7) is 2.97. The highest BCUT2D eigenvalue weighted by Crippen LogP contribution is 2.25. The van der Waals surface area contributed by atoms with Gasteiger partial charge in [-0.3, -0.25) is 0 Å². The van der Waals surface area contributed by atoms with E-state index in [0.717, 1.165) is 30.6 Å². The van der Waals surface area contributed by atoms with E-state index in [1.165, 1.54) is 12.1 Å². The first-order valence-electron chi connectivity index (χ1n) is 5.64. The highest BCUT2D eigenvalue weighted by atomic mass is 19.1. The number of rotatable bonds is 2. The van der Waals surface area contributed by atoms with Gasteiger partial charge in [-0.1, -0.05) is 6.07 Å². The number of halogens is 1. The fourth-order valence-electron chi connectivity index (χ4n) is 2.19. The third-order valence-electron chi connectivity index (χ3n) is 3.13. The van der Waals surface area contributed by atoms with Gasteiger partial charge in [-0.15, -0.1) is 0 Å². The van der Waals surface area contributed by atoms with Gasteiger partial charge in [-0.25, -0.2) is 4.39 Å². The standard InChI is InChI=1S/C13H17FO2/c1-10-7-12(14)4-3-11(10)8-13(15)5-2-6-16-9-13/h3-4,7,15H,2,5-6,8-9H2,1H3. The maximum absolute atomic E-state index is 12.9. The molecule has 0 bridgehead atoms. The van der Waals surface area contributed by atoms with Gasteiger partial charge < -0.3 is 9.84 Å². The van der Waals surface area contributed by atoms with E-state index in [1.54, 1.807) is 6.07 Å². The Hall–Kier alpha value is -0.930. The molecule has 1 aliphatic heterocycles. The Morgan fingerprint density at radius 3 is 2.94 bits per heavy atom. The van der Waals surface area contributed by atoms with E-state index in [4.69, 9.17) is 4.74 Å². The van der Waals surface area contributed by atoms with Gasteiger partial charge in [0.15, 0.2) is 0 Å². The average Bonchev–Trinajstić information content (AvgIpc) is 2.23. The zero-order chi connectivity index (χ0) is 11.6. The molecule has 1 fully saturated rings. The first-order valence-corrected chi connectivity index (χ1v) is 5.64. The molecule has 88 valence electrons. The lowest BCUT2D eigenvalue weighted by Crippen LogP contribution is -2.40. The number of ether oxygens (including phenoxy) is 1. The van der Waals surface area contributed by atoms with Gasteiger partial charge in [0, 0.05) is 13.0 Å². The lowest BCUT2D eigenvalue weighted by Gasteiger charge is -2.32. The van der Waals surface area contributed by atoms with Crippen LogP contribution in [0.4, 0.5) is 4.39 Å². The van der Waals surface area contributed by atoms with Gasteiger partial charge in [0.2, 0.25) is 0 Å². The van der Waals surface area contributed by atoms with Crippen LogP contribution < -0.4 is 0 Å². The van der Waals surface area contributed by atoms with E-state index in [9.17, 15) is 9.50 Å². The van der Waals surface area contributed by atoms with Crippen molar-refractivity contribution in [2.24, 2.45) is 0 Å². The molecule has 1 aliphatic rings. The third-order valence-corrected chi connectivity index (χ3v) is 3.13. The molecule has 0 radical (unpaired) electrons. The molecule has 1 heterocycles. The Morgan fingerprint density at radius 1 is 1.50 bits per heavy atom. The summed E-state index contributed by atoms with van der Waals surface area (Å²) in [6.07, 6.45) is 2.18. The Morgan fingerprint density at radius 2 is 2.31 bits per heavy atom. The lowest BCUT2D eigenvalue weighted by atomic mass is 9.88. The molecule has 0 amide bonds. The van der Waals surface area contributed by atoms with Crippen molar-refractivity contribution in [1.29, 1.82) is 0 Å². The van der Waals surface area contributed by atoms with Gasteiger partial charge in [0.25, 0.3) is 0 Å². The zero-order valence-electron chi connectivity index (χ0n) is 9.50. The monoisotopic (exact) mass is 224 g/mol. The molecule has 0 saturated carbocycles. The van der Waals surface area contributed by atoms with Crippen LogP contribution in [0.2, 0.25) is 0 Å². The number of aryl methyl sites for hydroxylation is 1. The molecule has 16 heavy (non-hydrogen) atoms. The fourth-order valence-corrected chi connectivity index (χ4v) is 2.19. The molecule has 0 spiro atoms. The number of benzene rings is 1. The van der Waals surface area contributed by atoms with E-state index >= 15 is 0 Å². The predicted molar refractivity (Wildman–Crippen MR) is 59.8 cm³/mol. The highest BCUT2D eigenvalue weighted by molar-refractivity contribution is 5.28. The second-order valence-electron chi connectivity index (χ2n) is 4.63. The summed E-state index contributed by atoms with van der Waals surface area (Å²) in [5, 5.41) is 10.3. The smallest absolute Gasteiger partial charge is 0.123 e. The van der Waals surface area contributed by atoms with Crippen molar-refractivity contribution in [3.63, 3.8) is 0 Å². The van der Waals surface area contributed by atoms with Crippen molar-refractivity contribution in [3.05, 3.63) is 35.1 Å². The van der Waals surface area contributed by atoms with Crippen molar-refractivity contribution in [2.75, 3.05) is 13.2 Å². The zero-order valence-corrected chi connectivity index (χ0v) is 9.50. The van der Waals surface area contributed by atoms with E-state index in [1.807, 2.05) is 6.92 Å². The fraction of sp³-hybridized carbons (Fsp3) is 0.538. The summed E-state index contributed by atoms with van der Waals surface area (Å²) in [4.78, 5) is 0. The summed E-state index contributed by atoms with van der Waals surface area (Å²) in [7, 11) is 0. The van der Waals surface area contributed by atoms with Crippen LogP contribution in [0.15, 0.2) is 18.2 Å². The Bertz CT molecular complexity index is 370. The summed E-state index contributed by atoms with van der Waals surface area (Å²) >= 11 is 0. The molecule has 1 unspecified atom stereocenters. The van der Waals surface area contributed by atoms with Crippen LogP contribution in [0.25, 0.3) is 0 Å². The van der Waals surface area contributed by atoms with Crippen LogP contribution in [-0.2, 0) is 11.2 Å². The van der Waals surface area contributed by atoms with Crippen LogP contribution in [0.5, 0.6) is 0 Å². The second-order valence-corrected chi connectivity index (χ2v) is 4.63. The normalized spacial score (nSPS) is 25.7. The molecular weight excluding hydrogens is 207 g/mol. The molecule has 1 aromatic rings. The van der Waals surface area contributed by atoms with Gasteiger partial charge >= 0.3 is 0 Å². The molecule has 1 atom stereocenters. The Balaban J connectivity index is 2.13. The summed E-state index contributed by atoms with van der Waals surface area (Å²) in [6, 6.07) is 4.69. The van der Waals surface area contributed by atoms with E-state index in [-0.39, 0.29) is 5.82 Å². The highest BCUT2D eigenvalue weighted by Gasteiger charge is 2.30. The van der Waals surface area contributed by atoms with Crippen LogP contribution in [0, 0.1) is 12.7 Å². The average molecular weight is 224 g/mol. The van der Waals surface area contributed by atoms with E-state index < -0.39 is 5.60 Å². The molecule has 1 aromatic carbocycles. The quantitative estimate of drug-likeness (QED) is 0.834. The second kappa shape index (κ2) is 4.52. The van der Waals surface area contributed by atoms with Gasteiger partial charge in [-0.2, -0.15) is 0 Å². The van der Waals surface area contributed by atoms with Crippen molar-refractivity contribution < 1.29 is 14.2 Å². The first-order chi connectivity index (χ1) is 7.59. The number of hydrogen-bond acceptors (Lipinski definition) is 2. The topological polar surface area (TPSA) is 29.5 Å². The molecule has 1 saturated heterocycles. The lowest BCUT2D eigenvalue weighted by molar-refractivity contribution is -0.0845. The molecule has 3 heteroatoms. The third kappa shape index (κ3) is 2.60. The minimum atomic E-state index is -0.777. The minimum absolute atomic E-state index is 0.229. The Kier molecular flexibility index (Phi) is 3.26. The van der Waals surface area contributed by atoms with Crippen molar-refractivity contribution in [2.45, 2.75) is 31.8 Å². The molecule has 2 nitrogen and oxygen atoms in total. The van der Waals surface area contributed by atoms with Crippen LogP contribution in [-0.4, -0.2) is 23.9 Å². The minimum Gasteiger partial charge on any atom is -0.387 e. The summed E-state index contributed by atoms with van der Waals surface area (Å²) in [5.41, 5.74) is 1.11. The molecule has 0 aromatic heterocycles. The van der Waals surface area contributed by atoms with Gasteiger partial charge in [0.1, 0.15) is 5.82 Å². The van der Waals surface area contributed by atoms with E-state index in [2.05, 4.69) is 0 Å². The first kappa shape index (κ1) is 11.6. The van der Waals surface area contributed by atoms with Gasteiger partial charge in [0.05, 0.1) is 12.2 Å². The maximum atomic E-state index is 12.9. The predicted octanol–water partition coefficient (Wildman–Crippen LogP) is 2.22. The summed E-state index contributed by atoms with van der Waals surface area (Å²) < 4.78 is 18.2. The molecular formula is C13H17FO2.